The number of rotatable bonds is 1. The topological polar surface area (TPSA) is 60.8 Å². The van der Waals surface area contributed by atoms with Crippen molar-refractivity contribution in [1.29, 1.82) is 0 Å². The predicted molar refractivity (Wildman–Crippen MR) is 38.9 cm³/mol. The van der Waals surface area contributed by atoms with Crippen LogP contribution in [0.3, 0.4) is 0 Å². The lowest BCUT2D eigenvalue weighted by Crippen LogP contribution is -2.28. The zero-order chi connectivity index (χ0) is 8.43. The second kappa shape index (κ2) is 3.19. The molecule has 1 aliphatic heterocycles. The molecule has 0 radical (unpaired) electrons. The minimum atomic E-state index is -0.759. The molecule has 2 N–H and O–H groups in total. The lowest BCUT2D eigenvalue weighted by Gasteiger charge is -2.13. The molecule has 1 amide bonds. The average molecular weight is 159 g/mol. The van der Waals surface area contributed by atoms with Crippen LogP contribution >= 0.6 is 0 Å². The maximum atomic E-state index is 11.0. The van der Waals surface area contributed by atoms with Gasteiger partial charge in [-0.15, -0.1) is 0 Å². The van der Waals surface area contributed by atoms with Crippen molar-refractivity contribution in [3.05, 3.63) is 0 Å². The summed E-state index contributed by atoms with van der Waals surface area (Å²) in [6.45, 7) is 2.31. The normalized spacial score (nSPS) is 31.0. The van der Waals surface area contributed by atoms with E-state index in [0.717, 1.165) is 0 Å². The van der Waals surface area contributed by atoms with Crippen molar-refractivity contribution >= 4 is 5.91 Å². The number of carbonyl (C=O) groups excluding carboxylic acids is 1. The van der Waals surface area contributed by atoms with E-state index in [1.54, 1.807) is 6.92 Å². The average Bonchev–Trinajstić information content (AvgIpc) is 2.31. The smallest absolute Gasteiger partial charge is 0.222 e. The Labute approximate surface area is 65.4 Å². The van der Waals surface area contributed by atoms with Crippen molar-refractivity contribution in [2.24, 2.45) is 0 Å². The fourth-order valence-electron chi connectivity index (χ4n) is 1.20. The molecule has 0 aliphatic carbocycles. The van der Waals surface area contributed by atoms with Gasteiger partial charge in [0.25, 0.3) is 0 Å². The first-order chi connectivity index (χ1) is 5.15. The molecule has 2 atom stereocenters. The number of β-amino-alcohol motifs (C(OH)–C–C–N with tert-alkyl or cyclic N) is 2. The highest BCUT2D eigenvalue weighted by atomic mass is 16.3. The van der Waals surface area contributed by atoms with E-state index < -0.39 is 12.2 Å². The first-order valence-corrected chi connectivity index (χ1v) is 3.79. The van der Waals surface area contributed by atoms with Gasteiger partial charge < -0.3 is 15.1 Å². The quantitative estimate of drug-likeness (QED) is 0.514. The highest BCUT2D eigenvalue weighted by Gasteiger charge is 2.31. The van der Waals surface area contributed by atoms with E-state index in [1.165, 1.54) is 4.90 Å². The molecular formula is C7H13NO3. The molecule has 0 bridgehead atoms. The summed E-state index contributed by atoms with van der Waals surface area (Å²) in [6, 6.07) is 0. The molecule has 4 nitrogen and oxygen atoms in total. The highest BCUT2D eigenvalue weighted by Crippen LogP contribution is 2.10. The Hall–Kier alpha value is -0.610. The Balaban J connectivity index is 2.46. The number of carbonyl (C=O) groups is 1. The van der Waals surface area contributed by atoms with Crippen LogP contribution in [-0.2, 0) is 4.79 Å². The van der Waals surface area contributed by atoms with Crippen LogP contribution < -0.4 is 0 Å². The van der Waals surface area contributed by atoms with Gasteiger partial charge in [0, 0.05) is 19.5 Å². The summed E-state index contributed by atoms with van der Waals surface area (Å²) < 4.78 is 0. The summed E-state index contributed by atoms with van der Waals surface area (Å²) in [5, 5.41) is 18.1. The molecule has 0 unspecified atom stereocenters. The molecule has 11 heavy (non-hydrogen) atoms. The number of hydrogen-bond acceptors (Lipinski definition) is 3. The number of likely N-dealkylation sites (tertiary alicyclic amines) is 1. The zero-order valence-electron chi connectivity index (χ0n) is 6.53. The van der Waals surface area contributed by atoms with Gasteiger partial charge in [-0.2, -0.15) is 0 Å². The molecule has 1 heterocycles. The molecule has 0 spiro atoms. The Morgan fingerprint density at radius 3 is 2.27 bits per heavy atom. The molecule has 0 saturated carbocycles. The van der Waals surface area contributed by atoms with E-state index in [-0.39, 0.29) is 19.0 Å². The minimum absolute atomic E-state index is 0.0133. The molecular weight excluding hydrogens is 146 g/mol. The van der Waals surface area contributed by atoms with Gasteiger partial charge in [-0.25, -0.2) is 0 Å². The Kier molecular flexibility index (Phi) is 2.46. The first kappa shape index (κ1) is 8.49. The van der Waals surface area contributed by atoms with Gasteiger partial charge in [0.2, 0.25) is 5.91 Å². The van der Waals surface area contributed by atoms with Crippen molar-refractivity contribution in [1.82, 2.24) is 4.90 Å². The van der Waals surface area contributed by atoms with Crippen LogP contribution in [0, 0.1) is 0 Å². The van der Waals surface area contributed by atoms with E-state index >= 15 is 0 Å². The van der Waals surface area contributed by atoms with Gasteiger partial charge in [0.15, 0.2) is 0 Å². The summed E-state index contributed by atoms with van der Waals surface area (Å²) in [5.74, 6) is -0.0133. The van der Waals surface area contributed by atoms with Crippen LogP contribution in [-0.4, -0.2) is 46.3 Å². The third kappa shape index (κ3) is 1.70. The molecule has 64 valence electrons. The standard InChI is InChI=1S/C7H13NO3/c1-2-7(11)8-3-5(9)6(10)4-8/h5-6,9-10H,2-4H2,1H3/t5-,6-/m1/s1. The van der Waals surface area contributed by atoms with Gasteiger partial charge in [-0.1, -0.05) is 6.92 Å². The SMILES string of the molecule is CCC(=O)N1C[C@@H](O)[C@H](O)C1. The fraction of sp³-hybridized carbons (Fsp3) is 0.857. The van der Waals surface area contributed by atoms with Crippen molar-refractivity contribution in [3.8, 4) is 0 Å². The number of hydrogen-bond donors (Lipinski definition) is 2. The molecule has 1 rings (SSSR count). The fourth-order valence-corrected chi connectivity index (χ4v) is 1.20. The van der Waals surface area contributed by atoms with Gasteiger partial charge in [0.05, 0.1) is 12.2 Å². The number of aliphatic hydroxyl groups is 2. The van der Waals surface area contributed by atoms with Crippen molar-refractivity contribution in [2.75, 3.05) is 13.1 Å². The number of aliphatic hydroxyl groups excluding tert-OH is 2. The summed E-state index contributed by atoms with van der Waals surface area (Å²) in [6.07, 6.45) is -1.09. The Morgan fingerprint density at radius 1 is 1.45 bits per heavy atom. The summed E-state index contributed by atoms with van der Waals surface area (Å²) in [5.41, 5.74) is 0. The van der Waals surface area contributed by atoms with Gasteiger partial charge in [-0.05, 0) is 0 Å². The summed E-state index contributed by atoms with van der Waals surface area (Å²) in [4.78, 5) is 12.5. The predicted octanol–water partition coefficient (Wildman–Crippen LogP) is -1.04. The van der Waals surface area contributed by atoms with E-state index in [9.17, 15) is 4.79 Å². The largest absolute Gasteiger partial charge is 0.388 e. The Bertz CT molecular complexity index is 150. The van der Waals surface area contributed by atoms with Crippen LogP contribution in [0.15, 0.2) is 0 Å². The molecule has 4 heteroatoms. The second-order valence-electron chi connectivity index (χ2n) is 2.79. The van der Waals surface area contributed by atoms with E-state index in [0.29, 0.717) is 6.42 Å². The van der Waals surface area contributed by atoms with Crippen molar-refractivity contribution < 1.29 is 15.0 Å². The zero-order valence-corrected chi connectivity index (χ0v) is 6.53. The van der Waals surface area contributed by atoms with Gasteiger partial charge in [-0.3, -0.25) is 4.79 Å². The minimum Gasteiger partial charge on any atom is -0.388 e. The highest BCUT2D eigenvalue weighted by molar-refractivity contribution is 5.76. The van der Waals surface area contributed by atoms with Crippen molar-refractivity contribution in [3.63, 3.8) is 0 Å². The Morgan fingerprint density at radius 2 is 1.91 bits per heavy atom. The molecule has 0 aromatic heterocycles. The number of amides is 1. The van der Waals surface area contributed by atoms with Crippen LogP contribution in [0.2, 0.25) is 0 Å². The van der Waals surface area contributed by atoms with E-state index in [4.69, 9.17) is 10.2 Å². The first-order valence-electron chi connectivity index (χ1n) is 3.79. The van der Waals surface area contributed by atoms with E-state index in [1.807, 2.05) is 0 Å². The van der Waals surface area contributed by atoms with Crippen molar-refractivity contribution in [2.45, 2.75) is 25.6 Å². The van der Waals surface area contributed by atoms with Gasteiger partial charge in [0.1, 0.15) is 0 Å². The molecule has 1 fully saturated rings. The van der Waals surface area contributed by atoms with Crippen LogP contribution in [0.25, 0.3) is 0 Å². The lowest BCUT2D eigenvalue weighted by molar-refractivity contribution is -0.130. The third-order valence-corrected chi connectivity index (χ3v) is 1.91. The van der Waals surface area contributed by atoms with E-state index in [2.05, 4.69) is 0 Å². The summed E-state index contributed by atoms with van der Waals surface area (Å²) >= 11 is 0. The second-order valence-corrected chi connectivity index (χ2v) is 2.79. The molecule has 1 aliphatic rings. The van der Waals surface area contributed by atoms with Crippen LogP contribution in [0.1, 0.15) is 13.3 Å². The number of nitrogens with zero attached hydrogens (tertiary/aromatic N) is 1. The maximum Gasteiger partial charge on any atom is 0.222 e. The maximum absolute atomic E-state index is 11.0. The van der Waals surface area contributed by atoms with Crippen LogP contribution in [0.5, 0.6) is 0 Å². The van der Waals surface area contributed by atoms with Gasteiger partial charge >= 0.3 is 0 Å². The van der Waals surface area contributed by atoms with Crippen LogP contribution in [0.4, 0.5) is 0 Å². The monoisotopic (exact) mass is 159 g/mol. The molecule has 1 saturated heterocycles. The summed E-state index contributed by atoms with van der Waals surface area (Å²) in [7, 11) is 0. The molecule has 0 aromatic rings. The third-order valence-electron chi connectivity index (χ3n) is 1.91. The molecule has 0 aromatic carbocycles. The lowest BCUT2D eigenvalue weighted by atomic mass is 10.3.